The first kappa shape index (κ1) is 52.7. The molecule has 0 spiro atoms. The van der Waals surface area contributed by atoms with Gasteiger partial charge in [-0.2, -0.15) is 0 Å². The Bertz CT molecular complexity index is 3070. The molecule has 23 heteroatoms. The highest BCUT2D eigenvalue weighted by molar-refractivity contribution is 7.91. The molecule has 366 valence electrons. The molecule has 22 nitrogen and oxygen atoms in total. The molecule has 1 aromatic heterocycles. The van der Waals surface area contributed by atoms with E-state index in [1.807, 2.05) is 5.92 Å². The number of aliphatic hydroxyl groups is 2. The molecule has 6 unspecified atom stereocenters. The fraction of sp³-hybridized carbons (Fsp3) is 0.340. The molecular weight excluding hydrogens is 943 g/mol. The molecule has 6 atom stereocenters. The standard InChI is InChI=1S/C47H43N3O19S/c1-6-16-48-45(59)49(47(61)50(46(48)60)24-30(52)26-69-44(58)38-28-11-10-27(20-28)37(38)43(57)67-19-9-4)23-29(51)25-68-40(54)34-15-13-32(22-36(34)42(56)66-18-8-3)70(62,63)31-12-14-33(39(53)64-5)35(21-31)41(55)65-17-7-2/h2-4,6,10-15,21-22,27-30,37-38,51-52H,1,16-20,23-26H2,5H3. The van der Waals surface area contributed by atoms with Crippen LogP contribution in [0.25, 0.3) is 0 Å². The lowest BCUT2D eigenvalue weighted by Gasteiger charge is -2.25. The number of benzene rings is 2. The van der Waals surface area contributed by atoms with Crippen molar-refractivity contribution in [3.63, 3.8) is 0 Å². The van der Waals surface area contributed by atoms with E-state index >= 15 is 0 Å². The van der Waals surface area contributed by atoms with Crippen molar-refractivity contribution in [1.29, 1.82) is 0 Å². The Morgan fingerprint density at radius 3 is 1.53 bits per heavy atom. The van der Waals surface area contributed by atoms with E-state index in [0.29, 0.717) is 20.1 Å². The number of rotatable bonds is 21. The van der Waals surface area contributed by atoms with Gasteiger partial charge in [-0.15, -0.1) is 25.8 Å². The molecular formula is C47H43N3O19S. The van der Waals surface area contributed by atoms with E-state index in [0.717, 1.165) is 49.6 Å². The van der Waals surface area contributed by atoms with Crippen molar-refractivity contribution in [2.45, 2.75) is 48.1 Å². The minimum atomic E-state index is -4.69. The molecule has 0 saturated heterocycles. The Kier molecular flexibility index (Phi) is 17.4. The van der Waals surface area contributed by atoms with Crippen molar-refractivity contribution >= 4 is 45.7 Å². The molecule has 3 aromatic rings. The molecule has 2 N–H and O–H groups in total. The Hall–Kier alpha value is -8.30. The van der Waals surface area contributed by atoms with Gasteiger partial charge < -0.3 is 38.6 Å². The number of carbonyl (C=O) groups excluding carboxylic acids is 6. The summed E-state index contributed by atoms with van der Waals surface area (Å²) < 4.78 is 59.2. The van der Waals surface area contributed by atoms with Gasteiger partial charge in [-0.1, -0.05) is 36.0 Å². The molecule has 1 fully saturated rings. The highest BCUT2D eigenvalue weighted by Crippen LogP contribution is 2.49. The lowest BCUT2D eigenvalue weighted by atomic mass is 9.83. The molecule has 2 aliphatic rings. The largest absolute Gasteiger partial charge is 0.465 e. The third-order valence-corrected chi connectivity index (χ3v) is 12.6. The second kappa shape index (κ2) is 23.1. The minimum Gasteiger partial charge on any atom is -0.465 e. The molecule has 2 aromatic carbocycles. The number of aromatic nitrogens is 3. The van der Waals surface area contributed by atoms with Crippen molar-refractivity contribution in [3.05, 3.63) is 115 Å². The van der Waals surface area contributed by atoms with E-state index < -0.39 is 159 Å². The smallest absolute Gasteiger partial charge is 0.340 e. The second-order valence-corrected chi connectivity index (χ2v) is 17.2. The number of allylic oxidation sites excluding steroid dienone is 3. The van der Waals surface area contributed by atoms with Crippen LogP contribution in [0.15, 0.2) is 85.4 Å². The van der Waals surface area contributed by atoms with Crippen LogP contribution in [0.2, 0.25) is 0 Å². The monoisotopic (exact) mass is 985 g/mol. The maximum atomic E-state index is 13.9. The quantitative estimate of drug-likeness (QED) is 0.0577. The van der Waals surface area contributed by atoms with Crippen molar-refractivity contribution in [1.82, 2.24) is 13.7 Å². The van der Waals surface area contributed by atoms with E-state index in [2.05, 4.69) is 23.2 Å². The Balaban J connectivity index is 1.35. The molecule has 0 radical (unpaired) electrons. The van der Waals surface area contributed by atoms with E-state index in [4.69, 9.17) is 43.0 Å². The number of terminal acetylenes is 3. The van der Waals surface area contributed by atoms with Crippen LogP contribution in [0.5, 0.6) is 0 Å². The Morgan fingerprint density at radius 2 is 1.07 bits per heavy atom. The summed E-state index contributed by atoms with van der Waals surface area (Å²) in [5.41, 5.74) is -6.00. The average molecular weight is 986 g/mol. The Morgan fingerprint density at radius 1 is 0.657 bits per heavy atom. The summed E-state index contributed by atoms with van der Waals surface area (Å²) in [4.78, 5) is 117. The lowest BCUT2D eigenvalue weighted by molar-refractivity contribution is -0.162. The number of nitrogens with zero attached hydrogens (tertiary/aromatic N) is 3. The van der Waals surface area contributed by atoms with Gasteiger partial charge in [0.05, 0.1) is 70.6 Å². The first-order valence-electron chi connectivity index (χ1n) is 20.7. The zero-order valence-corrected chi connectivity index (χ0v) is 37.9. The summed E-state index contributed by atoms with van der Waals surface area (Å²) in [6.45, 7) is -1.92. The predicted molar refractivity (Wildman–Crippen MR) is 238 cm³/mol. The summed E-state index contributed by atoms with van der Waals surface area (Å²) in [7, 11) is -3.67. The molecule has 2 aliphatic carbocycles. The molecule has 2 bridgehead atoms. The predicted octanol–water partition coefficient (Wildman–Crippen LogP) is -0.706. The molecule has 0 amide bonds. The van der Waals surface area contributed by atoms with Crippen LogP contribution in [0.1, 0.15) is 47.9 Å². The van der Waals surface area contributed by atoms with Crippen LogP contribution in [0, 0.1) is 60.7 Å². The van der Waals surface area contributed by atoms with Gasteiger partial charge in [0.15, 0.2) is 19.8 Å². The normalized spacial score (nSPS) is 17.4. The summed E-state index contributed by atoms with van der Waals surface area (Å²) >= 11 is 0. The maximum absolute atomic E-state index is 13.9. The van der Waals surface area contributed by atoms with Gasteiger partial charge in [0, 0.05) is 0 Å². The van der Waals surface area contributed by atoms with E-state index in [1.54, 1.807) is 12.2 Å². The molecule has 5 rings (SSSR count). The van der Waals surface area contributed by atoms with Crippen LogP contribution in [0.3, 0.4) is 0 Å². The number of hydrogen-bond donors (Lipinski definition) is 2. The minimum absolute atomic E-state index is 0.303. The summed E-state index contributed by atoms with van der Waals surface area (Å²) in [6.07, 6.45) is 17.1. The van der Waals surface area contributed by atoms with Gasteiger partial charge in [0.25, 0.3) is 0 Å². The van der Waals surface area contributed by atoms with Gasteiger partial charge in [-0.05, 0) is 54.7 Å². The first-order chi connectivity index (χ1) is 33.3. The maximum Gasteiger partial charge on any atom is 0.340 e. The molecule has 0 aliphatic heterocycles. The number of fused-ring (bicyclic) bond motifs is 2. The average Bonchev–Trinajstić information content (AvgIpc) is 3.99. The Labute approximate surface area is 397 Å². The van der Waals surface area contributed by atoms with E-state index in [9.17, 15) is 61.8 Å². The highest BCUT2D eigenvalue weighted by Gasteiger charge is 2.53. The van der Waals surface area contributed by atoms with Crippen LogP contribution in [-0.4, -0.2) is 121 Å². The third kappa shape index (κ3) is 11.5. The SMILES string of the molecule is C#CCOC(=O)c1cc(S(=O)(=O)c2ccc(C(=O)OCC(O)Cn3c(=O)n(CC=C)c(=O)n(CC(O)COC(=O)C4C5C=CC(C5)C4C(=O)OCC#C)c3=O)c(C(=O)OCC#C)c2)ccc1C(=O)OC. The van der Waals surface area contributed by atoms with Crippen molar-refractivity contribution in [2.24, 2.45) is 23.7 Å². The number of ether oxygens (including phenoxy) is 6. The topological polar surface area (TPSA) is 298 Å². The van der Waals surface area contributed by atoms with Gasteiger partial charge in [-0.25, -0.2) is 55.7 Å². The number of aliphatic hydroxyl groups excluding tert-OH is 2. The first-order valence-corrected chi connectivity index (χ1v) is 22.2. The third-order valence-electron chi connectivity index (χ3n) is 10.9. The number of carbonyl (C=O) groups is 6. The lowest BCUT2D eigenvalue weighted by Crippen LogP contribution is -2.56. The van der Waals surface area contributed by atoms with Gasteiger partial charge in [0.1, 0.15) is 25.4 Å². The zero-order chi connectivity index (χ0) is 51.4. The molecule has 1 saturated carbocycles. The molecule has 1 heterocycles. The number of methoxy groups -OCH3 is 1. The van der Waals surface area contributed by atoms with E-state index in [-0.39, 0.29) is 24.0 Å². The van der Waals surface area contributed by atoms with Gasteiger partial charge >= 0.3 is 52.9 Å². The highest BCUT2D eigenvalue weighted by atomic mass is 32.2. The van der Waals surface area contributed by atoms with Crippen LogP contribution >= 0.6 is 0 Å². The fourth-order valence-corrected chi connectivity index (χ4v) is 9.01. The number of esters is 6. The van der Waals surface area contributed by atoms with E-state index in [1.165, 1.54) is 0 Å². The van der Waals surface area contributed by atoms with Crippen LogP contribution in [0.4, 0.5) is 0 Å². The van der Waals surface area contributed by atoms with Crippen molar-refractivity contribution in [3.8, 4) is 37.0 Å². The summed E-state index contributed by atoms with van der Waals surface area (Å²) in [5.74, 6) is -2.62. The zero-order valence-electron chi connectivity index (χ0n) is 37.0. The number of sulfone groups is 1. The van der Waals surface area contributed by atoms with Crippen LogP contribution < -0.4 is 17.1 Å². The fourth-order valence-electron chi connectivity index (χ4n) is 7.70. The summed E-state index contributed by atoms with van der Waals surface area (Å²) in [6, 6.07) is 5.22. The van der Waals surface area contributed by atoms with Crippen molar-refractivity contribution < 1.29 is 75.8 Å². The number of hydrogen-bond acceptors (Lipinski definition) is 19. The second-order valence-electron chi connectivity index (χ2n) is 15.3. The molecule has 70 heavy (non-hydrogen) atoms. The van der Waals surface area contributed by atoms with Gasteiger partial charge in [0.2, 0.25) is 9.84 Å². The summed E-state index contributed by atoms with van der Waals surface area (Å²) in [5, 5.41) is 21.8. The van der Waals surface area contributed by atoms with Crippen LogP contribution in [-0.2, 0) is 67.5 Å². The van der Waals surface area contributed by atoms with Crippen molar-refractivity contribution in [2.75, 3.05) is 40.1 Å². The van der Waals surface area contributed by atoms with Gasteiger partial charge in [-0.3, -0.25) is 9.59 Å².